The molecule has 0 radical (unpaired) electrons. The van der Waals surface area contributed by atoms with Crippen LogP contribution in [0.3, 0.4) is 0 Å². The molecule has 0 N–H and O–H groups in total. The zero-order valence-electron chi connectivity index (χ0n) is 25.0. The number of hydrogen-bond donors (Lipinski definition) is 0. The maximum atomic E-state index is 12.0. The highest BCUT2D eigenvalue weighted by Crippen LogP contribution is 2.14. The van der Waals surface area contributed by atoms with Crippen molar-refractivity contribution in [2.45, 2.75) is 46.0 Å². The van der Waals surface area contributed by atoms with Gasteiger partial charge < -0.3 is 47.4 Å². The lowest BCUT2D eigenvalue weighted by atomic mass is 10.00. The van der Waals surface area contributed by atoms with Crippen LogP contribution in [0.5, 0.6) is 0 Å². The summed E-state index contributed by atoms with van der Waals surface area (Å²) in [5.41, 5.74) is 0. The number of methoxy groups -OCH3 is 1. The fraction of sp³-hybridized carbons (Fsp3) is 0.929. The van der Waals surface area contributed by atoms with Gasteiger partial charge in [0.05, 0.1) is 125 Å². The van der Waals surface area contributed by atoms with Crippen LogP contribution in [0.4, 0.5) is 0 Å². The molecule has 0 heterocycles. The quantitative estimate of drug-likeness (QED) is 0.0854. The molecule has 0 aromatic carbocycles. The summed E-state index contributed by atoms with van der Waals surface area (Å²) in [5.74, 6) is -0.414. The largest absolute Gasteiger partial charge is 0.469 e. The molecule has 0 saturated heterocycles. The van der Waals surface area contributed by atoms with E-state index in [1.165, 1.54) is 7.11 Å². The molecule has 0 bridgehead atoms. The zero-order chi connectivity index (χ0) is 29.4. The molecule has 12 heteroatoms. The van der Waals surface area contributed by atoms with Crippen LogP contribution in [0.25, 0.3) is 0 Å². The summed E-state index contributed by atoms with van der Waals surface area (Å²) < 4.78 is 53.0. The Bertz CT molecular complexity index is 549. The van der Waals surface area contributed by atoms with E-state index in [4.69, 9.17) is 42.6 Å². The molecule has 1 unspecified atom stereocenters. The van der Waals surface area contributed by atoms with Crippen molar-refractivity contribution in [2.24, 2.45) is 5.92 Å². The predicted molar refractivity (Wildman–Crippen MR) is 147 cm³/mol. The Morgan fingerprint density at radius 2 is 0.875 bits per heavy atom. The first kappa shape index (κ1) is 38.6. The fourth-order valence-electron chi connectivity index (χ4n) is 3.16. The Morgan fingerprint density at radius 3 is 1.20 bits per heavy atom. The van der Waals surface area contributed by atoms with E-state index in [1.807, 2.05) is 6.92 Å². The van der Waals surface area contributed by atoms with E-state index >= 15 is 0 Å². The minimum Gasteiger partial charge on any atom is -0.469 e. The number of ether oxygens (including phenoxy) is 10. The van der Waals surface area contributed by atoms with Gasteiger partial charge in [0.15, 0.2) is 0 Å². The minimum atomic E-state index is -0.287. The first-order valence-corrected chi connectivity index (χ1v) is 14.5. The Hall–Kier alpha value is -1.38. The molecule has 0 rings (SSSR count). The molecule has 238 valence electrons. The Kier molecular flexibility index (Phi) is 31.0. The van der Waals surface area contributed by atoms with Crippen LogP contribution < -0.4 is 0 Å². The molecule has 0 aliphatic carbocycles. The molecule has 1 atom stereocenters. The monoisotopic (exact) mass is 582 g/mol. The highest BCUT2D eigenvalue weighted by atomic mass is 16.6. The number of hydrogen-bond acceptors (Lipinski definition) is 12. The lowest BCUT2D eigenvalue weighted by molar-refractivity contribution is -0.150. The molecule has 0 amide bonds. The maximum Gasteiger partial charge on any atom is 0.308 e. The van der Waals surface area contributed by atoms with Crippen LogP contribution >= 0.6 is 0 Å². The highest BCUT2D eigenvalue weighted by molar-refractivity contribution is 5.72. The van der Waals surface area contributed by atoms with Crippen LogP contribution in [0.1, 0.15) is 46.0 Å². The van der Waals surface area contributed by atoms with E-state index in [0.717, 1.165) is 25.7 Å². The summed E-state index contributed by atoms with van der Waals surface area (Å²) in [6, 6.07) is 0. The smallest absolute Gasteiger partial charge is 0.308 e. The van der Waals surface area contributed by atoms with Gasteiger partial charge in [0, 0.05) is 0 Å². The van der Waals surface area contributed by atoms with E-state index in [1.54, 1.807) is 0 Å². The van der Waals surface area contributed by atoms with Gasteiger partial charge in [0.25, 0.3) is 0 Å². The van der Waals surface area contributed by atoms with Crippen molar-refractivity contribution in [1.29, 1.82) is 0 Å². The van der Waals surface area contributed by atoms with Crippen molar-refractivity contribution in [3.05, 3.63) is 0 Å². The van der Waals surface area contributed by atoms with Gasteiger partial charge in [-0.25, -0.2) is 0 Å². The standard InChI is InChI=1S/C28H54O12/c1-4-6-7-26(5-2)28(30)40-25-24-39-23-22-38-21-20-37-19-18-36-17-16-35-15-14-34-13-12-33-11-10-32-9-8-27(29)31-3/h26H,4-25H2,1-3H3. The summed E-state index contributed by atoms with van der Waals surface area (Å²) in [6.07, 6.45) is 4.07. The maximum absolute atomic E-state index is 12.0. The van der Waals surface area contributed by atoms with Crippen molar-refractivity contribution in [1.82, 2.24) is 0 Å². The van der Waals surface area contributed by atoms with Crippen LogP contribution in [-0.4, -0.2) is 131 Å². The molecule has 0 aliphatic heterocycles. The second-order valence-corrected chi connectivity index (χ2v) is 8.64. The number of esters is 2. The average molecular weight is 583 g/mol. The Balaban J connectivity index is 3.17. The molecule has 0 aliphatic rings. The predicted octanol–water partition coefficient (Wildman–Crippen LogP) is 2.44. The SMILES string of the molecule is CCCCC(CC)C(=O)OCCOCCOCCOCCOCCOCCOCCOCCOCCC(=O)OC. The average Bonchev–Trinajstić information content (AvgIpc) is 2.96. The first-order valence-electron chi connectivity index (χ1n) is 14.5. The summed E-state index contributed by atoms with van der Waals surface area (Å²) in [7, 11) is 1.35. The number of carbonyl (C=O) groups excluding carboxylic acids is 2. The number of rotatable bonds is 32. The van der Waals surface area contributed by atoms with Gasteiger partial charge in [-0.2, -0.15) is 0 Å². The first-order chi connectivity index (χ1) is 19.7. The van der Waals surface area contributed by atoms with Gasteiger partial charge in [0.1, 0.15) is 6.61 Å². The molecule has 0 aromatic rings. The lowest BCUT2D eigenvalue weighted by Gasteiger charge is -2.13. The Labute approximate surface area is 240 Å². The molecular weight excluding hydrogens is 528 g/mol. The zero-order valence-corrected chi connectivity index (χ0v) is 25.0. The van der Waals surface area contributed by atoms with Crippen molar-refractivity contribution in [2.75, 3.05) is 119 Å². The summed E-state index contributed by atoms with van der Waals surface area (Å²) in [5, 5.41) is 0. The third kappa shape index (κ3) is 28.2. The van der Waals surface area contributed by atoms with Crippen LogP contribution in [0, 0.1) is 5.92 Å². The molecule has 12 nitrogen and oxygen atoms in total. The second-order valence-electron chi connectivity index (χ2n) is 8.64. The molecule has 0 saturated carbocycles. The fourth-order valence-corrected chi connectivity index (χ4v) is 3.16. The molecule has 40 heavy (non-hydrogen) atoms. The molecule has 0 spiro atoms. The van der Waals surface area contributed by atoms with Crippen molar-refractivity contribution >= 4 is 11.9 Å². The van der Waals surface area contributed by atoms with Crippen LogP contribution in [0.15, 0.2) is 0 Å². The van der Waals surface area contributed by atoms with E-state index < -0.39 is 0 Å². The summed E-state index contributed by atoms with van der Waals surface area (Å²) in [4.78, 5) is 22.9. The molecule has 0 aromatic heterocycles. The van der Waals surface area contributed by atoms with Crippen LogP contribution in [0.2, 0.25) is 0 Å². The molecule has 0 fully saturated rings. The normalized spacial score (nSPS) is 12.0. The van der Waals surface area contributed by atoms with Gasteiger partial charge in [-0.3, -0.25) is 9.59 Å². The number of unbranched alkanes of at least 4 members (excludes halogenated alkanes) is 1. The van der Waals surface area contributed by atoms with Crippen LogP contribution in [-0.2, 0) is 57.0 Å². The minimum absolute atomic E-state index is 0.00416. The lowest BCUT2D eigenvalue weighted by Crippen LogP contribution is -2.20. The summed E-state index contributed by atoms with van der Waals surface area (Å²) in [6.45, 7) is 11.7. The van der Waals surface area contributed by atoms with Crippen molar-refractivity contribution in [3.63, 3.8) is 0 Å². The second kappa shape index (κ2) is 32.1. The van der Waals surface area contributed by atoms with Gasteiger partial charge in [-0.15, -0.1) is 0 Å². The van der Waals surface area contributed by atoms with E-state index in [-0.39, 0.29) is 30.9 Å². The summed E-state index contributed by atoms with van der Waals surface area (Å²) >= 11 is 0. The van der Waals surface area contributed by atoms with Gasteiger partial charge in [0.2, 0.25) is 0 Å². The van der Waals surface area contributed by atoms with Gasteiger partial charge in [-0.05, 0) is 12.8 Å². The third-order valence-corrected chi connectivity index (χ3v) is 5.49. The van der Waals surface area contributed by atoms with E-state index in [0.29, 0.717) is 106 Å². The van der Waals surface area contributed by atoms with E-state index in [2.05, 4.69) is 11.7 Å². The topological polar surface area (TPSA) is 126 Å². The van der Waals surface area contributed by atoms with Gasteiger partial charge in [-0.1, -0.05) is 26.7 Å². The number of carbonyl (C=O) groups is 2. The Morgan fingerprint density at radius 1 is 0.525 bits per heavy atom. The third-order valence-electron chi connectivity index (χ3n) is 5.49. The molecular formula is C28H54O12. The van der Waals surface area contributed by atoms with E-state index in [9.17, 15) is 9.59 Å². The van der Waals surface area contributed by atoms with Crippen molar-refractivity contribution < 1.29 is 57.0 Å². The van der Waals surface area contributed by atoms with Gasteiger partial charge >= 0.3 is 11.9 Å². The van der Waals surface area contributed by atoms with Crippen molar-refractivity contribution in [3.8, 4) is 0 Å². The highest BCUT2D eigenvalue weighted by Gasteiger charge is 2.16.